The van der Waals surface area contributed by atoms with E-state index in [1.807, 2.05) is 17.5 Å². The quantitative estimate of drug-likeness (QED) is 0.556. The number of benzene rings is 1. The molecule has 0 radical (unpaired) electrons. The van der Waals surface area contributed by atoms with Gasteiger partial charge in [-0.3, -0.25) is 4.79 Å². The lowest BCUT2D eigenvalue weighted by Crippen LogP contribution is -2.39. The minimum absolute atomic E-state index is 0.165. The minimum Gasteiger partial charge on any atom is -0.351 e. The van der Waals surface area contributed by atoms with Crippen molar-refractivity contribution in [2.45, 2.75) is 38.6 Å². The number of nitrogens with zero attached hydrogens (tertiary/aromatic N) is 3. The summed E-state index contributed by atoms with van der Waals surface area (Å²) in [4.78, 5) is 16.4. The Bertz CT molecular complexity index is 968. The number of hydrogen-bond acceptors (Lipinski definition) is 4. The summed E-state index contributed by atoms with van der Waals surface area (Å²) in [6, 6.07) is 12.4. The molecule has 5 nitrogen and oxygen atoms in total. The third-order valence-electron chi connectivity index (χ3n) is 5.64. The number of rotatable bonds is 7. The van der Waals surface area contributed by atoms with Crippen LogP contribution in [0.15, 0.2) is 47.8 Å². The molecule has 1 amide bonds. The molecule has 0 saturated carbocycles. The molecule has 3 aromatic rings. The molecule has 1 aliphatic rings. The van der Waals surface area contributed by atoms with Gasteiger partial charge in [0.2, 0.25) is 0 Å². The van der Waals surface area contributed by atoms with Crippen molar-refractivity contribution in [1.82, 2.24) is 20.0 Å². The van der Waals surface area contributed by atoms with Crippen molar-refractivity contribution in [3.05, 3.63) is 59.4 Å². The molecule has 1 N–H and O–H groups in total. The van der Waals surface area contributed by atoms with Gasteiger partial charge >= 0.3 is 0 Å². The Morgan fingerprint density at radius 1 is 1.27 bits per heavy atom. The van der Waals surface area contributed by atoms with Crippen LogP contribution >= 0.6 is 11.3 Å². The maximum absolute atomic E-state index is 13.4. The van der Waals surface area contributed by atoms with Crippen LogP contribution in [0.25, 0.3) is 16.3 Å². The van der Waals surface area contributed by atoms with Crippen molar-refractivity contribution in [2.75, 3.05) is 19.6 Å². The second-order valence-corrected chi connectivity index (χ2v) is 8.72. The Morgan fingerprint density at radius 2 is 2.10 bits per heavy atom. The van der Waals surface area contributed by atoms with E-state index in [1.165, 1.54) is 31.4 Å². The number of carbonyl (C=O) groups excluding carboxylic acids is 1. The van der Waals surface area contributed by atoms with E-state index in [2.05, 4.69) is 22.2 Å². The number of nitrogens with one attached hydrogen (secondary N) is 1. The third-order valence-corrected chi connectivity index (χ3v) is 6.53. The lowest BCUT2D eigenvalue weighted by molar-refractivity contribution is 0.0941. The van der Waals surface area contributed by atoms with Gasteiger partial charge in [0.15, 0.2) is 0 Å². The van der Waals surface area contributed by atoms with E-state index in [4.69, 9.17) is 0 Å². The molecule has 0 aliphatic carbocycles. The first kappa shape index (κ1) is 20.8. The highest BCUT2D eigenvalue weighted by atomic mass is 32.1. The molecule has 7 heteroatoms. The summed E-state index contributed by atoms with van der Waals surface area (Å²) in [5.41, 5.74) is 1.85. The van der Waals surface area contributed by atoms with Crippen molar-refractivity contribution >= 4 is 17.2 Å². The van der Waals surface area contributed by atoms with Crippen LogP contribution < -0.4 is 5.32 Å². The maximum Gasteiger partial charge on any atom is 0.270 e. The first-order valence-corrected chi connectivity index (χ1v) is 11.4. The summed E-state index contributed by atoms with van der Waals surface area (Å²) in [5.74, 6) is -0.483. The first-order chi connectivity index (χ1) is 14.6. The molecule has 4 rings (SSSR count). The lowest BCUT2D eigenvalue weighted by Gasteiger charge is -2.33. The largest absolute Gasteiger partial charge is 0.351 e. The van der Waals surface area contributed by atoms with E-state index in [-0.39, 0.29) is 11.7 Å². The fourth-order valence-electron chi connectivity index (χ4n) is 3.93. The highest BCUT2D eigenvalue weighted by Gasteiger charge is 2.19. The predicted molar refractivity (Wildman–Crippen MR) is 119 cm³/mol. The number of thiophene rings is 1. The summed E-state index contributed by atoms with van der Waals surface area (Å²) >= 11 is 1.57. The number of piperidine rings is 1. The second-order valence-electron chi connectivity index (χ2n) is 7.77. The number of carbonyl (C=O) groups is 1. The summed E-state index contributed by atoms with van der Waals surface area (Å²) < 4.78 is 15.0. The molecule has 1 aliphatic heterocycles. The molecule has 3 heterocycles. The van der Waals surface area contributed by atoms with Gasteiger partial charge in [0, 0.05) is 19.1 Å². The molecule has 1 atom stereocenters. The zero-order valence-corrected chi connectivity index (χ0v) is 18.0. The van der Waals surface area contributed by atoms with Crippen LogP contribution in [0.3, 0.4) is 0 Å². The van der Waals surface area contributed by atoms with Gasteiger partial charge in [0.25, 0.3) is 5.91 Å². The van der Waals surface area contributed by atoms with E-state index in [0.29, 0.717) is 24.0 Å². The zero-order valence-electron chi connectivity index (χ0n) is 17.2. The zero-order chi connectivity index (χ0) is 20.9. The van der Waals surface area contributed by atoms with E-state index >= 15 is 0 Å². The highest BCUT2D eigenvalue weighted by Crippen LogP contribution is 2.26. The SMILES string of the molecule is C[C@@H]1CCCCN1CCCNC(=O)c1cc(-c2cccs2)nn1-c1ccc(F)cc1. The summed E-state index contributed by atoms with van der Waals surface area (Å²) in [7, 11) is 0. The Kier molecular flexibility index (Phi) is 6.59. The molecule has 1 aromatic carbocycles. The van der Waals surface area contributed by atoms with E-state index in [0.717, 1.165) is 30.1 Å². The lowest BCUT2D eigenvalue weighted by atomic mass is 10.0. The van der Waals surface area contributed by atoms with Crippen LogP contribution in [0.1, 0.15) is 43.1 Å². The Balaban J connectivity index is 1.46. The maximum atomic E-state index is 13.4. The van der Waals surface area contributed by atoms with Gasteiger partial charge in [-0.15, -0.1) is 11.3 Å². The van der Waals surface area contributed by atoms with Gasteiger partial charge in [-0.1, -0.05) is 12.5 Å². The van der Waals surface area contributed by atoms with Gasteiger partial charge in [0.05, 0.1) is 10.6 Å². The van der Waals surface area contributed by atoms with Gasteiger partial charge in [-0.05, 0) is 74.5 Å². The molecule has 0 bridgehead atoms. The molecule has 0 spiro atoms. The summed E-state index contributed by atoms with van der Waals surface area (Å²) in [6.07, 6.45) is 4.75. The average molecular weight is 427 g/mol. The standard InChI is InChI=1S/C23H27FN4OS/c1-17-6-2-3-13-27(17)14-5-12-25-23(29)21-16-20(22-7-4-15-30-22)26-28(21)19-10-8-18(24)9-11-19/h4,7-11,15-17H,2-3,5-6,12-14H2,1H3,(H,25,29)/t17-/m1/s1. The molecule has 0 unspecified atom stereocenters. The Labute approximate surface area is 180 Å². The van der Waals surface area contributed by atoms with Crippen LogP contribution in [-0.4, -0.2) is 46.3 Å². The Morgan fingerprint density at radius 3 is 2.83 bits per heavy atom. The second kappa shape index (κ2) is 9.53. The van der Waals surface area contributed by atoms with E-state index in [9.17, 15) is 9.18 Å². The van der Waals surface area contributed by atoms with Crippen molar-refractivity contribution < 1.29 is 9.18 Å². The van der Waals surface area contributed by atoms with Crippen molar-refractivity contribution in [3.63, 3.8) is 0 Å². The van der Waals surface area contributed by atoms with Crippen LogP contribution in [-0.2, 0) is 0 Å². The van der Waals surface area contributed by atoms with Crippen LogP contribution in [0.2, 0.25) is 0 Å². The van der Waals surface area contributed by atoms with Gasteiger partial charge < -0.3 is 10.2 Å². The molecular formula is C23H27FN4OS. The Hall–Kier alpha value is -2.51. The fourth-order valence-corrected chi connectivity index (χ4v) is 4.61. The first-order valence-electron chi connectivity index (χ1n) is 10.5. The number of amides is 1. The monoisotopic (exact) mass is 426 g/mol. The third kappa shape index (κ3) is 4.79. The smallest absolute Gasteiger partial charge is 0.270 e. The van der Waals surface area contributed by atoms with E-state index in [1.54, 1.807) is 34.2 Å². The summed E-state index contributed by atoms with van der Waals surface area (Å²) in [5, 5.41) is 9.64. The van der Waals surface area contributed by atoms with Crippen molar-refractivity contribution in [1.29, 1.82) is 0 Å². The molecule has 158 valence electrons. The average Bonchev–Trinajstić information content (AvgIpc) is 3.43. The normalized spacial score (nSPS) is 17.2. The van der Waals surface area contributed by atoms with Gasteiger partial charge in [0.1, 0.15) is 17.2 Å². The fraction of sp³-hybridized carbons (Fsp3) is 0.391. The van der Waals surface area contributed by atoms with Crippen molar-refractivity contribution in [2.24, 2.45) is 0 Å². The summed E-state index contributed by atoms with van der Waals surface area (Å²) in [6.45, 7) is 5.05. The number of likely N-dealkylation sites (tertiary alicyclic amines) is 1. The molecule has 2 aromatic heterocycles. The number of aromatic nitrogens is 2. The van der Waals surface area contributed by atoms with Crippen LogP contribution in [0, 0.1) is 5.82 Å². The van der Waals surface area contributed by atoms with Gasteiger partial charge in [-0.25, -0.2) is 9.07 Å². The van der Waals surface area contributed by atoms with Gasteiger partial charge in [-0.2, -0.15) is 5.10 Å². The van der Waals surface area contributed by atoms with Crippen molar-refractivity contribution in [3.8, 4) is 16.3 Å². The topological polar surface area (TPSA) is 50.2 Å². The molecule has 1 fully saturated rings. The molecule has 1 saturated heterocycles. The predicted octanol–water partition coefficient (Wildman–Crippen LogP) is 4.73. The van der Waals surface area contributed by atoms with E-state index < -0.39 is 0 Å². The highest BCUT2D eigenvalue weighted by molar-refractivity contribution is 7.13. The number of halogens is 1. The van der Waals surface area contributed by atoms with Crippen LogP contribution in [0.5, 0.6) is 0 Å². The minimum atomic E-state index is -0.317. The molecular weight excluding hydrogens is 399 g/mol. The molecule has 30 heavy (non-hydrogen) atoms. The number of hydrogen-bond donors (Lipinski definition) is 1. The van der Waals surface area contributed by atoms with Crippen LogP contribution in [0.4, 0.5) is 4.39 Å².